The number of benzene rings is 2. The predicted molar refractivity (Wildman–Crippen MR) is 87.0 cm³/mol. The number of rotatable bonds is 1. The number of fused-ring (bicyclic) bond motifs is 1. The topological polar surface area (TPSA) is 44.1 Å². The summed E-state index contributed by atoms with van der Waals surface area (Å²) in [6.45, 7) is 2.61. The highest BCUT2D eigenvalue weighted by Gasteiger charge is 2.22. The number of carbonyl (C=O) groups excluding carboxylic acids is 1. The third kappa shape index (κ3) is 2.60. The molecule has 0 saturated carbocycles. The fourth-order valence-corrected chi connectivity index (χ4v) is 2.98. The fourth-order valence-electron chi connectivity index (χ4n) is 2.98. The average molecular weight is 290 g/mol. The van der Waals surface area contributed by atoms with Crippen molar-refractivity contribution in [2.24, 2.45) is 0 Å². The van der Waals surface area contributed by atoms with Gasteiger partial charge >= 0.3 is 0 Å². The molecule has 2 aromatic rings. The Labute approximate surface area is 130 Å². The van der Waals surface area contributed by atoms with Gasteiger partial charge in [0.1, 0.15) is 0 Å². The van der Waals surface area contributed by atoms with Gasteiger partial charge in [-0.15, -0.1) is 0 Å². The highest BCUT2D eigenvalue weighted by Crippen LogP contribution is 2.27. The van der Waals surface area contributed by atoms with Gasteiger partial charge < -0.3 is 4.90 Å². The molecule has 0 fully saturated rings. The van der Waals surface area contributed by atoms with Crippen molar-refractivity contribution in [3.05, 3.63) is 64.7 Å². The number of nitrogens with zero attached hydrogens (tertiary/aromatic N) is 2. The molecule has 22 heavy (non-hydrogen) atoms. The van der Waals surface area contributed by atoms with Crippen molar-refractivity contribution < 1.29 is 4.79 Å². The van der Waals surface area contributed by atoms with Crippen molar-refractivity contribution in [3.63, 3.8) is 0 Å². The van der Waals surface area contributed by atoms with E-state index in [4.69, 9.17) is 5.26 Å². The molecular formula is C19H18N2O. The minimum atomic E-state index is 0.0157. The lowest BCUT2D eigenvalue weighted by Crippen LogP contribution is -2.31. The first-order chi connectivity index (χ1) is 10.7. The lowest BCUT2D eigenvalue weighted by molar-refractivity contribution is 0.0987. The summed E-state index contributed by atoms with van der Waals surface area (Å²) in [4.78, 5) is 14.8. The van der Waals surface area contributed by atoms with E-state index in [1.54, 1.807) is 12.1 Å². The standard InChI is InChI=1S/C19H18N2O/c1-14-12-16(9-10-17(14)13-20)19(22)21-11-5-4-7-15-6-2-3-8-18(15)21/h2-3,6,8-10,12H,4-5,7,11H2,1H3. The molecule has 0 N–H and O–H groups in total. The average Bonchev–Trinajstić information content (AvgIpc) is 2.76. The summed E-state index contributed by atoms with van der Waals surface area (Å²) < 4.78 is 0. The van der Waals surface area contributed by atoms with E-state index in [0.29, 0.717) is 11.1 Å². The smallest absolute Gasteiger partial charge is 0.258 e. The number of amides is 1. The number of aryl methyl sites for hydroxylation is 2. The maximum Gasteiger partial charge on any atom is 0.258 e. The number of anilines is 1. The highest BCUT2D eigenvalue weighted by atomic mass is 16.2. The molecule has 3 nitrogen and oxygen atoms in total. The summed E-state index contributed by atoms with van der Waals surface area (Å²) in [5.74, 6) is 0.0157. The fraction of sp³-hybridized carbons (Fsp3) is 0.263. The lowest BCUT2D eigenvalue weighted by Gasteiger charge is -2.23. The van der Waals surface area contributed by atoms with E-state index in [2.05, 4.69) is 12.1 Å². The van der Waals surface area contributed by atoms with Gasteiger partial charge in [-0.05, 0) is 61.6 Å². The van der Waals surface area contributed by atoms with Crippen molar-refractivity contribution in [2.45, 2.75) is 26.2 Å². The molecule has 0 aliphatic carbocycles. The molecule has 1 aliphatic rings. The Kier molecular flexibility index (Phi) is 3.93. The second-order valence-corrected chi connectivity index (χ2v) is 5.68. The van der Waals surface area contributed by atoms with E-state index >= 15 is 0 Å². The molecule has 1 aliphatic heterocycles. The highest BCUT2D eigenvalue weighted by molar-refractivity contribution is 6.06. The monoisotopic (exact) mass is 290 g/mol. The van der Waals surface area contributed by atoms with Crippen molar-refractivity contribution in [3.8, 4) is 6.07 Å². The maximum absolute atomic E-state index is 12.9. The van der Waals surface area contributed by atoms with Gasteiger partial charge in [-0.25, -0.2) is 0 Å². The molecular weight excluding hydrogens is 272 g/mol. The number of para-hydroxylation sites is 1. The molecule has 0 saturated heterocycles. The second-order valence-electron chi connectivity index (χ2n) is 5.68. The molecule has 2 aromatic carbocycles. The number of carbonyl (C=O) groups is 1. The Bertz CT molecular complexity index is 758. The van der Waals surface area contributed by atoms with Gasteiger partial charge in [-0.1, -0.05) is 18.2 Å². The minimum Gasteiger partial charge on any atom is -0.308 e. The number of hydrogen-bond acceptors (Lipinski definition) is 2. The Morgan fingerprint density at radius 3 is 2.77 bits per heavy atom. The van der Waals surface area contributed by atoms with Crippen LogP contribution < -0.4 is 4.90 Å². The van der Waals surface area contributed by atoms with Gasteiger partial charge in [0.2, 0.25) is 0 Å². The van der Waals surface area contributed by atoms with E-state index < -0.39 is 0 Å². The maximum atomic E-state index is 12.9. The summed E-state index contributed by atoms with van der Waals surface area (Å²) in [7, 11) is 0. The second kappa shape index (κ2) is 6.03. The third-order valence-corrected chi connectivity index (χ3v) is 4.20. The molecule has 0 radical (unpaired) electrons. The van der Waals surface area contributed by atoms with Gasteiger partial charge in [0.15, 0.2) is 0 Å². The zero-order valence-electron chi connectivity index (χ0n) is 12.7. The Morgan fingerprint density at radius 1 is 1.18 bits per heavy atom. The van der Waals surface area contributed by atoms with E-state index in [1.807, 2.05) is 36.1 Å². The summed E-state index contributed by atoms with van der Waals surface area (Å²) in [5.41, 5.74) is 4.36. The van der Waals surface area contributed by atoms with Crippen molar-refractivity contribution in [1.29, 1.82) is 5.26 Å². The molecule has 0 atom stereocenters. The Morgan fingerprint density at radius 2 is 2.00 bits per heavy atom. The van der Waals surface area contributed by atoms with Crippen LogP contribution in [0, 0.1) is 18.3 Å². The molecule has 1 amide bonds. The normalized spacial score (nSPS) is 13.9. The first-order valence-corrected chi connectivity index (χ1v) is 7.61. The van der Waals surface area contributed by atoms with Crippen LogP contribution in [-0.2, 0) is 6.42 Å². The Balaban J connectivity index is 1.98. The van der Waals surface area contributed by atoms with Crippen molar-refractivity contribution >= 4 is 11.6 Å². The molecule has 0 bridgehead atoms. The van der Waals surface area contributed by atoms with Crippen LogP contribution in [-0.4, -0.2) is 12.5 Å². The van der Waals surface area contributed by atoms with Crippen molar-refractivity contribution in [2.75, 3.05) is 11.4 Å². The molecule has 0 spiro atoms. The number of hydrogen-bond donors (Lipinski definition) is 0. The zero-order chi connectivity index (χ0) is 15.5. The van der Waals surface area contributed by atoms with Crippen LogP contribution in [0.15, 0.2) is 42.5 Å². The molecule has 0 aromatic heterocycles. The number of nitriles is 1. The van der Waals surface area contributed by atoms with Crippen LogP contribution in [0.2, 0.25) is 0 Å². The first-order valence-electron chi connectivity index (χ1n) is 7.61. The zero-order valence-corrected chi connectivity index (χ0v) is 12.7. The van der Waals surface area contributed by atoms with Crippen LogP contribution in [0.3, 0.4) is 0 Å². The lowest BCUT2D eigenvalue weighted by atomic mass is 10.0. The molecule has 3 rings (SSSR count). The van der Waals surface area contributed by atoms with Gasteiger partial charge in [0.25, 0.3) is 5.91 Å². The quantitative estimate of drug-likeness (QED) is 0.800. The van der Waals surface area contributed by atoms with Crippen LogP contribution in [0.25, 0.3) is 0 Å². The van der Waals surface area contributed by atoms with Gasteiger partial charge in [0.05, 0.1) is 11.6 Å². The summed E-state index contributed by atoms with van der Waals surface area (Å²) in [6, 6.07) is 15.6. The largest absolute Gasteiger partial charge is 0.308 e. The summed E-state index contributed by atoms with van der Waals surface area (Å²) in [5, 5.41) is 9.02. The third-order valence-electron chi connectivity index (χ3n) is 4.20. The van der Waals surface area contributed by atoms with Crippen LogP contribution in [0.1, 0.15) is 39.9 Å². The van der Waals surface area contributed by atoms with Gasteiger partial charge in [-0.2, -0.15) is 5.26 Å². The van der Waals surface area contributed by atoms with Crippen molar-refractivity contribution in [1.82, 2.24) is 0 Å². The van der Waals surface area contributed by atoms with Crippen LogP contribution in [0.5, 0.6) is 0 Å². The predicted octanol–water partition coefficient (Wildman–Crippen LogP) is 3.85. The minimum absolute atomic E-state index is 0.0157. The molecule has 3 heteroatoms. The van der Waals surface area contributed by atoms with E-state index in [-0.39, 0.29) is 5.91 Å². The summed E-state index contributed by atoms with van der Waals surface area (Å²) in [6.07, 6.45) is 3.13. The first kappa shape index (κ1) is 14.3. The van der Waals surface area contributed by atoms with Crippen LogP contribution in [0.4, 0.5) is 5.69 Å². The summed E-state index contributed by atoms with van der Waals surface area (Å²) >= 11 is 0. The van der Waals surface area contributed by atoms with E-state index in [9.17, 15) is 4.79 Å². The molecule has 1 heterocycles. The van der Waals surface area contributed by atoms with E-state index in [0.717, 1.165) is 37.1 Å². The van der Waals surface area contributed by atoms with E-state index in [1.165, 1.54) is 5.56 Å². The van der Waals surface area contributed by atoms with Crippen LogP contribution >= 0.6 is 0 Å². The van der Waals surface area contributed by atoms with Gasteiger partial charge in [0, 0.05) is 17.8 Å². The molecule has 110 valence electrons. The Hall–Kier alpha value is -2.60. The SMILES string of the molecule is Cc1cc(C(=O)N2CCCCc3ccccc32)ccc1C#N. The van der Waals surface area contributed by atoms with Gasteiger partial charge in [-0.3, -0.25) is 4.79 Å². The molecule has 0 unspecified atom stereocenters.